The average molecular weight is 367 g/mol. The van der Waals surface area contributed by atoms with Crippen LogP contribution in [0.25, 0.3) is 11.4 Å². The Balaban J connectivity index is 1.58. The van der Waals surface area contributed by atoms with E-state index in [0.29, 0.717) is 30.8 Å². The van der Waals surface area contributed by atoms with E-state index in [1.807, 2.05) is 0 Å². The first kappa shape index (κ1) is 17.6. The average Bonchev–Trinajstić information content (AvgIpc) is 3.24. The molecule has 0 bridgehead atoms. The smallest absolute Gasteiger partial charge is 0.339 e. The van der Waals surface area contributed by atoms with Crippen LogP contribution in [-0.4, -0.2) is 24.8 Å². The highest BCUT2D eigenvalue weighted by atomic mass is 19.4. The summed E-state index contributed by atoms with van der Waals surface area (Å²) in [4.78, 5) is 14.2. The van der Waals surface area contributed by atoms with Crippen molar-refractivity contribution in [2.45, 2.75) is 25.6 Å². The molecular weight excluding hydrogens is 355 g/mol. The minimum Gasteiger partial charge on any atom is -0.339 e. The van der Waals surface area contributed by atoms with Crippen LogP contribution in [0.5, 0.6) is 0 Å². The standard InChI is InChI=1S/C15H12F3N5O3/c16-15(17,18)11-5-3-10(4-6-11)14-20-13(26-21-14)2-1-7-22-9-12(8-19-22)23(24)25/h3-6,8-9H,1-2,7H2. The minimum atomic E-state index is -4.40. The molecule has 0 N–H and O–H groups in total. The number of aromatic nitrogens is 4. The van der Waals surface area contributed by atoms with Crippen LogP contribution < -0.4 is 0 Å². The van der Waals surface area contributed by atoms with E-state index in [-0.39, 0.29) is 11.5 Å². The highest BCUT2D eigenvalue weighted by molar-refractivity contribution is 5.54. The summed E-state index contributed by atoms with van der Waals surface area (Å²) in [5.41, 5.74) is -0.429. The molecule has 1 aromatic carbocycles. The SMILES string of the molecule is O=[N+]([O-])c1cnn(CCCc2nc(-c3ccc(C(F)(F)F)cc3)no2)c1. The van der Waals surface area contributed by atoms with Crippen molar-refractivity contribution in [3.63, 3.8) is 0 Å². The fraction of sp³-hybridized carbons (Fsp3) is 0.267. The zero-order valence-electron chi connectivity index (χ0n) is 13.2. The van der Waals surface area contributed by atoms with Crippen molar-refractivity contribution in [3.8, 4) is 11.4 Å². The van der Waals surface area contributed by atoms with Gasteiger partial charge in [0, 0.05) is 18.5 Å². The molecule has 3 aromatic rings. The maximum Gasteiger partial charge on any atom is 0.416 e. The van der Waals surface area contributed by atoms with E-state index in [1.54, 1.807) is 0 Å². The maximum atomic E-state index is 12.6. The second-order valence-corrected chi connectivity index (χ2v) is 5.41. The van der Waals surface area contributed by atoms with E-state index in [2.05, 4.69) is 15.2 Å². The molecule has 3 rings (SSSR count). The van der Waals surface area contributed by atoms with Gasteiger partial charge in [-0.25, -0.2) is 0 Å². The predicted octanol–water partition coefficient (Wildman–Crippen LogP) is 3.49. The lowest BCUT2D eigenvalue weighted by Crippen LogP contribution is -2.04. The summed E-state index contributed by atoms with van der Waals surface area (Å²) >= 11 is 0. The van der Waals surface area contributed by atoms with Gasteiger partial charge in [-0.2, -0.15) is 23.3 Å². The molecule has 0 aliphatic rings. The summed E-state index contributed by atoms with van der Waals surface area (Å²) in [7, 11) is 0. The Kier molecular flexibility index (Phi) is 4.69. The van der Waals surface area contributed by atoms with Gasteiger partial charge >= 0.3 is 11.9 Å². The summed E-state index contributed by atoms with van der Waals surface area (Å²) < 4.78 is 44.2. The number of halogens is 3. The van der Waals surface area contributed by atoms with Gasteiger partial charge in [-0.05, 0) is 18.6 Å². The number of hydrogen-bond acceptors (Lipinski definition) is 6. The lowest BCUT2D eigenvalue weighted by Gasteiger charge is -2.05. The van der Waals surface area contributed by atoms with Crippen molar-refractivity contribution >= 4 is 5.69 Å². The molecule has 8 nitrogen and oxygen atoms in total. The Hall–Kier alpha value is -3.24. The molecule has 2 aromatic heterocycles. The molecule has 0 atom stereocenters. The largest absolute Gasteiger partial charge is 0.416 e. The van der Waals surface area contributed by atoms with Crippen molar-refractivity contribution in [3.05, 3.63) is 58.2 Å². The molecule has 0 fully saturated rings. The Morgan fingerprint density at radius 2 is 1.96 bits per heavy atom. The predicted molar refractivity (Wildman–Crippen MR) is 81.9 cm³/mol. The van der Waals surface area contributed by atoms with Gasteiger partial charge in [-0.3, -0.25) is 14.8 Å². The topological polar surface area (TPSA) is 99.9 Å². The fourth-order valence-electron chi connectivity index (χ4n) is 2.24. The zero-order chi connectivity index (χ0) is 18.7. The van der Waals surface area contributed by atoms with Crippen LogP contribution in [0.1, 0.15) is 17.9 Å². The summed E-state index contributed by atoms with van der Waals surface area (Å²) in [5, 5.41) is 18.2. The normalized spacial score (nSPS) is 11.7. The van der Waals surface area contributed by atoms with Gasteiger partial charge in [0.2, 0.25) is 11.7 Å². The number of nitro groups is 1. The van der Waals surface area contributed by atoms with Crippen LogP contribution in [0.2, 0.25) is 0 Å². The van der Waals surface area contributed by atoms with Crippen molar-refractivity contribution in [1.82, 2.24) is 19.9 Å². The molecule has 0 saturated heterocycles. The first-order valence-electron chi connectivity index (χ1n) is 7.50. The molecule has 0 spiro atoms. The number of hydrogen-bond donors (Lipinski definition) is 0. The summed E-state index contributed by atoms with van der Waals surface area (Å²) in [6, 6.07) is 4.46. The number of benzene rings is 1. The molecule has 0 unspecified atom stereocenters. The lowest BCUT2D eigenvalue weighted by molar-refractivity contribution is -0.385. The minimum absolute atomic E-state index is 0.0904. The van der Waals surface area contributed by atoms with E-state index in [1.165, 1.54) is 23.0 Å². The Morgan fingerprint density at radius 3 is 2.58 bits per heavy atom. The quantitative estimate of drug-likeness (QED) is 0.488. The molecule has 136 valence electrons. The van der Waals surface area contributed by atoms with Gasteiger partial charge < -0.3 is 4.52 Å². The third kappa shape index (κ3) is 4.05. The molecule has 0 aliphatic heterocycles. The van der Waals surface area contributed by atoms with E-state index in [9.17, 15) is 23.3 Å². The number of rotatable bonds is 6. The van der Waals surface area contributed by atoms with E-state index < -0.39 is 16.7 Å². The molecule has 2 heterocycles. The van der Waals surface area contributed by atoms with E-state index >= 15 is 0 Å². The van der Waals surface area contributed by atoms with E-state index in [4.69, 9.17) is 4.52 Å². The molecule has 0 radical (unpaired) electrons. The molecular formula is C15H12F3N5O3. The lowest BCUT2D eigenvalue weighted by atomic mass is 10.1. The van der Waals surface area contributed by atoms with Crippen LogP contribution in [0.15, 0.2) is 41.2 Å². The van der Waals surface area contributed by atoms with Gasteiger partial charge in [-0.15, -0.1) is 0 Å². The fourth-order valence-corrected chi connectivity index (χ4v) is 2.24. The summed E-state index contributed by atoms with van der Waals surface area (Å²) in [5.74, 6) is 0.519. The Morgan fingerprint density at radius 1 is 1.23 bits per heavy atom. The van der Waals surface area contributed by atoms with Gasteiger partial charge in [-0.1, -0.05) is 17.3 Å². The van der Waals surface area contributed by atoms with Gasteiger partial charge in [0.05, 0.1) is 10.5 Å². The van der Waals surface area contributed by atoms with Crippen molar-refractivity contribution in [2.24, 2.45) is 0 Å². The highest BCUT2D eigenvalue weighted by Gasteiger charge is 2.30. The number of alkyl halides is 3. The summed E-state index contributed by atoms with van der Waals surface area (Å²) in [6.45, 7) is 0.422. The Labute approximate surface area is 144 Å². The highest BCUT2D eigenvalue weighted by Crippen LogP contribution is 2.30. The van der Waals surface area contributed by atoms with Crippen LogP contribution in [0, 0.1) is 10.1 Å². The maximum absolute atomic E-state index is 12.6. The van der Waals surface area contributed by atoms with Crippen LogP contribution in [0.3, 0.4) is 0 Å². The van der Waals surface area contributed by atoms with Gasteiger partial charge in [0.15, 0.2) is 0 Å². The van der Waals surface area contributed by atoms with Crippen molar-refractivity contribution in [2.75, 3.05) is 0 Å². The first-order valence-corrected chi connectivity index (χ1v) is 7.50. The van der Waals surface area contributed by atoms with Crippen molar-refractivity contribution < 1.29 is 22.6 Å². The number of aryl methyl sites for hydroxylation is 2. The Bertz CT molecular complexity index is 902. The van der Waals surface area contributed by atoms with Crippen LogP contribution in [-0.2, 0) is 19.1 Å². The van der Waals surface area contributed by atoms with Crippen LogP contribution >= 0.6 is 0 Å². The second-order valence-electron chi connectivity index (χ2n) is 5.41. The molecule has 11 heteroatoms. The zero-order valence-corrected chi connectivity index (χ0v) is 13.2. The van der Waals surface area contributed by atoms with Gasteiger partial charge in [0.25, 0.3) is 0 Å². The van der Waals surface area contributed by atoms with Crippen molar-refractivity contribution in [1.29, 1.82) is 0 Å². The number of nitrogens with zero attached hydrogens (tertiary/aromatic N) is 5. The monoisotopic (exact) mass is 367 g/mol. The summed E-state index contributed by atoms with van der Waals surface area (Å²) in [6.07, 6.45) is -0.964. The molecule has 26 heavy (non-hydrogen) atoms. The van der Waals surface area contributed by atoms with Crippen LogP contribution in [0.4, 0.5) is 18.9 Å². The third-order valence-electron chi connectivity index (χ3n) is 3.55. The van der Waals surface area contributed by atoms with Gasteiger partial charge in [0.1, 0.15) is 12.4 Å². The molecule has 0 saturated carbocycles. The molecule has 0 aliphatic carbocycles. The van der Waals surface area contributed by atoms with E-state index in [0.717, 1.165) is 18.3 Å². The first-order chi connectivity index (χ1) is 12.3. The second kappa shape index (κ2) is 6.94. The third-order valence-corrected chi connectivity index (χ3v) is 3.55. The molecule has 0 amide bonds.